The second-order valence-electron chi connectivity index (χ2n) is 7.53. The van der Waals surface area contributed by atoms with Gasteiger partial charge in [-0.05, 0) is 54.3 Å². The van der Waals surface area contributed by atoms with Gasteiger partial charge >= 0.3 is 0 Å². The lowest BCUT2D eigenvalue weighted by molar-refractivity contribution is -0.117. The maximum Gasteiger partial charge on any atom is 0.228 e. The Bertz CT molecular complexity index is 1050. The predicted molar refractivity (Wildman–Crippen MR) is 108 cm³/mol. The van der Waals surface area contributed by atoms with E-state index in [9.17, 15) is 9.90 Å². The topological polar surface area (TPSA) is 114 Å². The van der Waals surface area contributed by atoms with Crippen LogP contribution < -0.4 is 11.1 Å². The molecular formula is C21H23N5O2. The first-order chi connectivity index (χ1) is 13.5. The molecule has 3 aromatic heterocycles. The normalized spacial score (nSPS) is 19.4. The van der Waals surface area contributed by atoms with Gasteiger partial charge in [0.2, 0.25) is 5.91 Å². The number of nitrogens with two attached hydrogens (primary N) is 1. The number of aromatic nitrogens is 3. The third-order valence-electron chi connectivity index (χ3n) is 5.51. The molecule has 1 aliphatic carbocycles. The number of hydrogen-bond donors (Lipinski definition) is 3. The number of aryl methyl sites for hydroxylation is 1. The van der Waals surface area contributed by atoms with Crippen molar-refractivity contribution < 1.29 is 9.90 Å². The number of aliphatic hydroxyl groups is 1. The Kier molecular flexibility index (Phi) is 4.68. The number of hydrogen-bond acceptors (Lipinski definition) is 6. The first kappa shape index (κ1) is 18.3. The average Bonchev–Trinajstić information content (AvgIpc) is 3.48. The van der Waals surface area contributed by atoms with E-state index in [1.54, 1.807) is 18.6 Å². The van der Waals surface area contributed by atoms with Crippen LogP contribution in [0.15, 0.2) is 36.8 Å². The number of rotatable bonds is 5. The summed E-state index contributed by atoms with van der Waals surface area (Å²) in [6.45, 7) is 4.06. The maximum absolute atomic E-state index is 12.5. The maximum atomic E-state index is 12.5. The molecule has 1 fully saturated rings. The molecule has 28 heavy (non-hydrogen) atoms. The van der Waals surface area contributed by atoms with E-state index in [1.807, 2.05) is 32.0 Å². The quantitative estimate of drug-likeness (QED) is 0.630. The highest BCUT2D eigenvalue weighted by molar-refractivity contribution is 5.98. The van der Waals surface area contributed by atoms with Crippen LogP contribution >= 0.6 is 0 Å². The average molecular weight is 377 g/mol. The molecule has 4 N–H and O–H groups in total. The minimum atomic E-state index is -0.0595. The van der Waals surface area contributed by atoms with Crippen molar-refractivity contribution in [2.75, 3.05) is 17.7 Å². The minimum absolute atomic E-state index is 0.0532. The van der Waals surface area contributed by atoms with E-state index in [0.29, 0.717) is 11.6 Å². The van der Waals surface area contributed by atoms with Crippen LogP contribution in [-0.4, -0.2) is 32.6 Å². The van der Waals surface area contributed by atoms with Gasteiger partial charge in [0.15, 0.2) is 0 Å². The molecule has 1 aliphatic rings. The SMILES string of the molecule is Cc1ccncc1-c1cc2cc(NC(=O)C3CC3C(C)CO)ncc2c(N)n1. The molecule has 1 amide bonds. The van der Waals surface area contributed by atoms with E-state index in [2.05, 4.69) is 20.3 Å². The molecule has 0 bridgehead atoms. The van der Waals surface area contributed by atoms with Crippen LogP contribution in [0.25, 0.3) is 22.0 Å². The van der Waals surface area contributed by atoms with Gasteiger partial charge in [-0.3, -0.25) is 9.78 Å². The summed E-state index contributed by atoms with van der Waals surface area (Å²) in [5.74, 6) is 1.14. The smallest absolute Gasteiger partial charge is 0.228 e. The van der Waals surface area contributed by atoms with Gasteiger partial charge in [0.1, 0.15) is 11.6 Å². The van der Waals surface area contributed by atoms with E-state index in [-0.39, 0.29) is 30.3 Å². The summed E-state index contributed by atoms with van der Waals surface area (Å²) in [5, 5.41) is 13.7. The van der Waals surface area contributed by atoms with E-state index in [4.69, 9.17) is 5.73 Å². The molecule has 3 aromatic rings. The van der Waals surface area contributed by atoms with Crippen LogP contribution in [0.5, 0.6) is 0 Å². The van der Waals surface area contributed by atoms with Crippen molar-refractivity contribution in [3.8, 4) is 11.3 Å². The van der Waals surface area contributed by atoms with Gasteiger partial charge in [0.05, 0.1) is 5.69 Å². The Morgan fingerprint density at radius 3 is 2.96 bits per heavy atom. The fourth-order valence-electron chi connectivity index (χ4n) is 3.61. The molecule has 0 spiro atoms. The van der Waals surface area contributed by atoms with Gasteiger partial charge in [-0.25, -0.2) is 9.97 Å². The lowest BCUT2D eigenvalue weighted by Crippen LogP contribution is -2.18. The molecule has 3 heterocycles. The van der Waals surface area contributed by atoms with E-state index in [0.717, 1.165) is 34.0 Å². The van der Waals surface area contributed by atoms with Crippen molar-refractivity contribution in [3.63, 3.8) is 0 Å². The molecule has 7 nitrogen and oxygen atoms in total. The van der Waals surface area contributed by atoms with Crippen LogP contribution in [0.3, 0.4) is 0 Å². The minimum Gasteiger partial charge on any atom is -0.396 e. The second kappa shape index (κ2) is 7.16. The van der Waals surface area contributed by atoms with Gasteiger partial charge < -0.3 is 16.2 Å². The highest BCUT2D eigenvalue weighted by atomic mass is 16.3. The molecule has 0 radical (unpaired) electrons. The number of pyridine rings is 3. The van der Waals surface area contributed by atoms with Gasteiger partial charge in [-0.2, -0.15) is 0 Å². The number of nitrogens with zero attached hydrogens (tertiary/aromatic N) is 3. The Morgan fingerprint density at radius 1 is 1.39 bits per heavy atom. The van der Waals surface area contributed by atoms with Crippen LogP contribution in [0.4, 0.5) is 11.6 Å². The molecule has 3 atom stereocenters. The number of fused-ring (bicyclic) bond motifs is 1. The molecule has 7 heteroatoms. The molecule has 0 aliphatic heterocycles. The fourth-order valence-corrected chi connectivity index (χ4v) is 3.61. The standard InChI is InChI=1S/C21H23N5O2/c1-11-3-4-23-8-16(11)18-5-13-6-19(24-9-17(13)20(22)25-18)26-21(28)15-7-14(15)12(2)10-27/h3-6,8-9,12,14-15,27H,7,10H2,1-2H3,(H2,22,25)(H,24,26,28). The molecule has 0 saturated heterocycles. The van der Waals surface area contributed by atoms with Crippen molar-refractivity contribution in [2.24, 2.45) is 17.8 Å². The highest BCUT2D eigenvalue weighted by Crippen LogP contribution is 2.44. The Morgan fingerprint density at radius 2 is 2.21 bits per heavy atom. The van der Waals surface area contributed by atoms with Gasteiger partial charge in [-0.15, -0.1) is 0 Å². The Hall–Kier alpha value is -3.06. The number of amides is 1. The highest BCUT2D eigenvalue weighted by Gasteiger charge is 2.45. The first-order valence-corrected chi connectivity index (χ1v) is 9.37. The Balaban J connectivity index is 1.62. The van der Waals surface area contributed by atoms with Crippen LogP contribution in [0.1, 0.15) is 18.9 Å². The lowest BCUT2D eigenvalue weighted by atomic mass is 10.1. The number of carbonyl (C=O) groups is 1. The van der Waals surface area contributed by atoms with Crippen molar-refractivity contribution in [1.29, 1.82) is 0 Å². The van der Waals surface area contributed by atoms with Crippen molar-refractivity contribution >= 4 is 28.3 Å². The number of nitrogens with one attached hydrogen (secondary N) is 1. The fraction of sp³-hybridized carbons (Fsp3) is 0.333. The zero-order valence-corrected chi connectivity index (χ0v) is 15.9. The molecule has 1 saturated carbocycles. The largest absolute Gasteiger partial charge is 0.396 e. The third-order valence-corrected chi connectivity index (χ3v) is 5.51. The molecule has 4 rings (SSSR count). The number of anilines is 2. The first-order valence-electron chi connectivity index (χ1n) is 9.37. The summed E-state index contributed by atoms with van der Waals surface area (Å²) < 4.78 is 0. The summed E-state index contributed by atoms with van der Waals surface area (Å²) in [6, 6.07) is 5.67. The second-order valence-corrected chi connectivity index (χ2v) is 7.53. The van der Waals surface area contributed by atoms with Crippen molar-refractivity contribution in [3.05, 3.63) is 42.4 Å². The van der Waals surface area contributed by atoms with E-state index >= 15 is 0 Å². The lowest BCUT2D eigenvalue weighted by Gasteiger charge is -2.10. The monoisotopic (exact) mass is 377 g/mol. The number of aliphatic hydroxyl groups excluding tert-OH is 1. The van der Waals surface area contributed by atoms with Crippen LogP contribution in [0.2, 0.25) is 0 Å². The number of carbonyl (C=O) groups excluding carboxylic acids is 1. The zero-order chi connectivity index (χ0) is 19.8. The van der Waals surface area contributed by atoms with Gasteiger partial charge in [0.25, 0.3) is 0 Å². The zero-order valence-electron chi connectivity index (χ0n) is 15.9. The van der Waals surface area contributed by atoms with Crippen molar-refractivity contribution in [1.82, 2.24) is 15.0 Å². The Labute approximate surface area is 163 Å². The molecule has 0 aromatic carbocycles. The van der Waals surface area contributed by atoms with Gasteiger partial charge in [0, 0.05) is 42.1 Å². The van der Waals surface area contributed by atoms with E-state index < -0.39 is 0 Å². The molecule has 3 unspecified atom stereocenters. The molecular weight excluding hydrogens is 354 g/mol. The van der Waals surface area contributed by atoms with Crippen LogP contribution in [0, 0.1) is 24.7 Å². The summed E-state index contributed by atoms with van der Waals surface area (Å²) in [7, 11) is 0. The van der Waals surface area contributed by atoms with Crippen molar-refractivity contribution in [2.45, 2.75) is 20.3 Å². The summed E-state index contributed by atoms with van der Waals surface area (Å²) in [5.41, 5.74) is 8.84. The summed E-state index contributed by atoms with van der Waals surface area (Å²) >= 11 is 0. The van der Waals surface area contributed by atoms with Gasteiger partial charge in [-0.1, -0.05) is 6.92 Å². The summed E-state index contributed by atoms with van der Waals surface area (Å²) in [6.07, 6.45) is 5.95. The van der Waals surface area contributed by atoms with E-state index in [1.165, 1.54) is 0 Å². The molecule has 144 valence electrons. The number of nitrogen functional groups attached to an aromatic ring is 1. The predicted octanol–water partition coefficient (Wildman–Crippen LogP) is 2.79. The third kappa shape index (κ3) is 3.41. The van der Waals surface area contributed by atoms with Crippen LogP contribution in [-0.2, 0) is 4.79 Å². The summed E-state index contributed by atoms with van der Waals surface area (Å²) in [4.78, 5) is 25.4.